The Hall–Kier alpha value is -1.03. The van der Waals surface area contributed by atoms with Gasteiger partial charge in [0.25, 0.3) is 0 Å². The van der Waals surface area contributed by atoms with Crippen molar-refractivity contribution in [3.63, 3.8) is 0 Å². The first-order valence-corrected chi connectivity index (χ1v) is 4.20. The minimum absolute atomic E-state index is 0.156. The third-order valence-corrected chi connectivity index (χ3v) is 1.25. The number of carbonyl (C=O) groups is 1. The summed E-state index contributed by atoms with van der Waals surface area (Å²) in [7, 11) is 0. The van der Waals surface area contributed by atoms with E-state index in [2.05, 4.69) is 0 Å². The number of hydrogen-bond acceptors (Lipinski definition) is 3. The molecule has 0 aliphatic heterocycles. The number of hydrogen-bond donors (Lipinski definition) is 1. The Morgan fingerprint density at radius 3 is 2.62 bits per heavy atom. The van der Waals surface area contributed by atoms with E-state index < -0.39 is 5.91 Å². The molecule has 13 heavy (non-hydrogen) atoms. The third kappa shape index (κ3) is 7.33. The molecule has 76 valence electrons. The molecule has 0 bridgehead atoms. The summed E-state index contributed by atoms with van der Waals surface area (Å²) < 4.78 is 10.0. The Bertz CT molecular complexity index is 187. The van der Waals surface area contributed by atoms with E-state index in [0.29, 0.717) is 18.1 Å². The molecular formula is C9H17NO3. The predicted molar refractivity (Wildman–Crippen MR) is 49.7 cm³/mol. The van der Waals surface area contributed by atoms with E-state index >= 15 is 0 Å². The Balaban J connectivity index is 3.45. The smallest absolute Gasteiger partial charge is 0.247 e. The number of ether oxygens (including phenoxy) is 2. The first-order chi connectivity index (χ1) is 6.04. The van der Waals surface area contributed by atoms with Crippen LogP contribution >= 0.6 is 0 Å². The Morgan fingerprint density at radius 1 is 1.54 bits per heavy atom. The van der Waals surface area contributed by atoms with Crippen LogP contribution in [-0.2, 0) is 14.3 Å². The lowest BCUT2D eigenvalue weighted by atomic mass is 10.2. The molecule has 4 heteroatoms. The van der Waals surface area contributed by atoms with Crippen LogP contribution in [0.25, 0.3) is 0 Å². The second-order valence-electron chi connectivity index (χ2n) is 3.21. The molecular weight excluding hydrogens is 170 g/mol. The van der Waals surface area contributed by atoms with Crippen LogP contribution in [0.4, 0.5) is 0 Å². The fourth-order valence-corrected chi connectivity index (χ4v) is 0.549. The molecule has 1 amide bonds. The van der Waals surface area contributed by atoms with Crippen LogP contribution in [0.5, 0.6) is 0 Å². The molecule has 0 saturated carbocycles. The van der Waals surface area contributed by atoms with E-state index in [1.165, 1.54) is 6.26 Å². The molecule has 0 radical (unpaired) electrons. The summed E-state index contributed by atoms with van der Waals surface area (Å²) in [4.78, 5) is 10.5. The first kappa shape index (κ1) is 12.0. The van der Waals surface area contributed by atoms with E-state index in [1.54, 1.807) is 6.92 Å². The fourth-order valence-electron chi connectivity index (χ4n) is 0.549. The molecule has 0 aromatic heterocycles. The van der Waals surface area contributed by atoms with Gasteiger partial charge in [0.2, 0.25) is 5.91 Å². The van der Waals surface area contributed by atoms with Crippen molar-refractivity contribution in [2.75, 3.05) is 13.4 Å². The van der Waals surface area contributed by atoms with Gasteiger partial charge in [-0.05, 0) is 12.8 Å². The van der Waals surface area contributed by atoms with Crippen molar-refractivity contribution < 1.29 is 14.3 Å². The lowest BCUT2D eigenvalue weighted by molar-refractivity contribution is -0.114. The van der Waals surface area contributed by atoms with Gasteiger partial charge in [0.1, 0.15) is 0 Å². The number of rotatable bonds is 6. The zero-order chi connectivity index (χ0) is 10.3. The van der Waals surface area contributed by atoms with Crippen LogP contribution in [0.1, 0.15) is 20.8 Å². The highest BCUT2D eigenvalue weighted by atomic mass is 16.7. The van der Waals surface area contributed by atoms with Gasteiger partial charge in [-0.15, -0.1) is 0 Å². The maximum absolute atomic E-state index is 10.5. The zero-order valence-corrected chi connectivity index (χ0v) is 8.37. The molecule has 0 fully saturated rings. The zero-order valence-electron chi connectivity index (χ0n) is 8.37. The highest BCUT2D eigenvalue weighted by Gasteiger charge is 1.96. The van der Waals surface area contributed by atoms with Crippen molar-refractivity contribution in [2.24, 2.45) is 11.7 Å². The quantitative estimate of drug-likeness (QED) is 0.292. The molecule has 0 rings (SSSR count). The largest absolute Gasteiger partial charge is 0.475 e. The van der Waals surface area contributed by atoms with E-state index in [1.807, 2.05) is 13.8 Å². The molecule has 0 aromatic carbocycles. The molecule has 0 aliphatic carbocycles. The third-order valence-electron chi connectivity index (χ3n) is 1.25. The molecule has 2 N–H and O–H groups in total. The molecule has 0 unspecified atom stereocenters. The normalized spacial score (nSPS) is 11.8. The van der Waals surface area contributed by atoms with Gasteiger partial charge in [0.05, 0.1) is 12.9 Å². The van der Waals surface area contributed by atoms with E-state index in [-0.39, 0.29) is 6.79 Å². The van der Waals surface area contributed by atoms with Gasteiger partial charge in [0.15, 0.2) is 6.79 Å². The van der Waals surface area contributed by atoms with Crippen LogP contribution in [-0.4, -0.2) is 19.3 Å². The monoisotopic (exact) mass is 187 g/mol. The maximum atomic E-state index is 10.5. The van der Waals surface area contributed by atoms with Crippen LogP contribution in [0.2, 0.25) is 0 Å². The number of primary amides is 1. The Labute approximate surface area is 78.7 Å². The highest BCUT2D eigenvalue weighted by molar-refractivity contribution is 5.90. The molecule has 0 aliphatic rings. The molecule has 0 spiro atoms. The summed E-state index contributed by atoms with van der Waals surface area (Å²) in [6.07, 6.45) is 1.31. The SMILES string of the molecule is CC(=COCOCC(C)C)C(N)=O. The van der Waals surface area contributed by atoms with Crippen molar-refractivity contribution in [1.82, 2.24) is 0 Å². The molecule has 0 atom stereocenters. The van der Waals surface area contributed by atoms with E-state index in [9.17, 15) is 4.79 Å². The average molecular weight is 187 g/mol. The van der Waals surface area contributed by atoms with Gasteiger partial charge in [-0.3, -0.25) is 4.79 Å². The lowest BCUT2D eigenvalue weighted by Crippen LogP contribution is -2.12. The first-order valence-electron chi connectivity index (χ1n) is 4.20. The average Bonchev–Trinajstić information content (AvgIpc) is 2.02. The van der Waals surface area contributed by atoms with Crippen LogP contribution in [0.15, 0.2) is 11.8 Å². The van der Waals surface area contributed by atoms with Crippen LogP contribution < -0.4 is 5.73 Å². The van der Waals surface area contributed by atoms with Gasteiger partial charge < -0.3 is 15.2 Å². The molecule has 0 aromatic rings. The van der Waals surface area contributed by atoms with Gasteiger partial charge >= 0.3 is 0 Å². The van der Waals surface area contributed by atoms with Crippen molar-refractivity contribution in [1.29, 1.82) is 0 Å². The second-order valence-corrected chi connectivity index (χ2v) is 3.21. The Morgan fingerprint density at radius 2 is 2.15 bits per heavy atom. The van der Waals surface area contributed by atoms with Crippen molar-refractivity contribution in [2.45, 2.75) is 20.8 Å². The van der Waals surface area contributed by atoms with Gasteiger partial charge in [-0.2, -0.15) is 0 Å². The summed E-state index contributed by atoms with van der Waals surface area (Å²) in [6.45, 7) is 6.48. The van der Waals surface area contributed by atoms with Crippen LogP contribution in [0.3, 0.4) is 0 Å². The fraction of sp³-hybridized carbons (Fsp3) is 0.667. The number of carbonyl (C=O) groups excluding carboxylic acids is 1. The Kier molecular flexibility index (Phi) is 5.97. The van der Waals surface area contributed by atoms with Gasteiger partial charge in [-0.1, -0.05) is 13.8 Å². The second kappa shape index (κ2) is 6.48. The summed E-state index contributed by atoms with van der Waals surface area (Å²) in [5.74, 6) is -0.00586. The summed E-state index contributed by atoms with van der Waals surface area (Å²) in [5, 5.41) is 0. The van der Waals surface area contributed by atoms with Crippen molar-refractivity contribution in [3.8, 4) is 0 Å². The molecule has 0 saturated heterocycles. The van der Waals surface area contributed by atoms with Crippen LogP contribution in [0, 0.1) is 5.92 Å². The number of amides is 1. The summed E-state index contributed by atoms with van der Waals surface area (Å²) in [5.41, 5.74) is 5.35. The minimum Gasteiger partial charge on any atom is -0.475 e. The van der Waals surface area contributed by atoms with Gasteiger partial charge in [-0.25, -0.2) is 0 Å². The van der Waals surface area contributed by atoms with Gasteiger partial charge in [0, 0.05) is 5.57 Å². The maximum Gasteiger partial charge on any atom is 0.247 e. The van der Waals surface area contributed by atoms with Crippen molar-refractivity contribution >= 4 is 5.91 Å². The van der Waals surface area contributed by atoms with E-state index in [0.717, 1.165) is 0 Å². The summed E-state index contributed by atoms with van der Waals surface area (Å²) >= 11 is 0. The topological polar surface area (TPSA) is 61.6 Å². The van der Waals surface area contributed by atoms with E-state index in [4.69, 9.17) is 15.2 Å². The molecule has 0 heterocycles. The predicted octanol–water partition coefficient (Wildman–Crippen LogP) is 1.02. The standard InChI is InChI=1S/C9H17NO3/c1-7(2)4-12-6-13-5-8(3)9(10)11/h5,7H,4,6H2,1-3H3,(H2,10,11). The summed E-state index contributed by atoms with van der Waals surface area (Å²) in [6, 6.07) is 0. The van der Waals surface area contributed by atoms with Crippen molar-refractivity contribution in [3.05, 3.63) is 11.8 Å². The highest BCUT2D eigenvalue weighted by Crippen LogP contribution is 1.94. The minimum atomic E-state index is -0.483. The number of nitrogens with two attached hydrogens (primary N) is 1. The lowest BCUT2D eigenvalue weighted by Gasteiger charge is -2.06. The molecule has 4 nitrogen and oxygen atoms in total.